The maximum atomic E-state index is 12.7. The SMILES string of the molecule is CSCCC(NC(=O)c1ccccc1)C(=O)N1CCC(N)CC1.Cl. The number of amides is 2. The topological polar surface area (TPSA) is 75.4 Å². The van der Waals surface area contributed by atoms with Crippen LogP contribution in [0.15, 0.2) is 30.3 Å². The molecule has 1 fully saturated rings. The molecule has 2 rings (SSSR count). The fourth-order valence-corrected chi connectivity index (χ4v) is 3.14. The van der Waals surface area contributed by atoms with Crippen molar-refractivity contribution in [2.24, 2.45) is 5.73 Å². The Kier molecular flexibility index (Phi) is 9.18. The number of hydrogen-bond donors (Lipinski definition) is 2. The van der Waals surface area contributed by atoms with Crippen LogP contribution < -0.4 is 11.1 Å². The van der Waals surface area contributed by atoms with Crippen molar-refractivity contribution in [3.8, 4) is 0 Å². The van der Waals surface area contributed by atoms with Crippen molar-refractivity contribution in [3.63, 3.8) is 0 Å². The van der Waals surface area contributed by atoms with Crippen LogP contribution in [0.1, 0.15) is 29.6 Å². The largest absolute Gasteiger partial charge is 0.341 e. The van der Waals surface area contributed by atoms with Gasteiger partial charge in [-0.3, -0.25) is 9.59 Å². The van der Waals surface area contributed by atoms with E-state index in [2.05, 4.69) is 5.32 Å². The van der Waals surface area contributed by atoms with E-state index in [1.165, 1.54) is 0 Å². The van der Waals surface area contributed by atoms with Crippen molar-refractivity contribution < 1.29 is 9.59 Å². The molecule has 7 heteroatoms. The summed E-state index contributed by atoms with van der Waals surface area (Å²) in [5, 5.41) is 2.90. The summed E-state index contributed by atoms with van der Waals surface area (Å²) < 4.78 is 0. The zero-order valence-electron chi connectivity index (χ0n) is 13.9. The number of carbonyl (C=O) groups is 2. The van der Waals surface area contributed by atoms with Crippen LogP contribution in [-0.2, 0) is 4.79 Å². The Morgan fingerprint density at radius 1 is 1.29 bits per heavy atom. The van der Waals surface area contributed by atoms with Gasteiger partial charge in [-0.1, -0.05) is 18.2 Å². The summed E-state index contributed by atoms with van der Waals surface area (Å²) >= 11 is 1.68. The number of benzene rings is 1. The highest BCUT2D eigenvalue weighted by Crippen LogP contribution is 2.12. The third kappa shape index (κ3) is 6.00. The van der Waals surface area contributed by atoms with Gasteiger partial charge in [0.05, 0.1) is 0 Å². The molecule has 0 spiro atoms. The lowest BCUT2D eigenvalue weighted by Crippen LogP contribution is -2.52. The second kappa shape index (κ2) is 10.6. The van der Waals surface area contributed by atoms with Crippen LogP contribution in [0.5, 0.6) is 0 Å². The molecule has 134 valence electrons. The summed E-state index contributed by atoms with van der Waals surface area (Å²) in [4.78, 5) is 26.9. The smallest absolute Gasteiger partial charge is 0.251 e. The number of piperidine rings is 1. The molecule has 1 aromatic rings. The first-order valence-corrected chi connectivity index (χ1v) is 9.40. The lowest BCUT2D eigenvalue weighted by molar-refractivity contribution is -0.134. The quantitative estimate of drug-likeness (QED) is 0.800. The zero-order chi connectivity index (χ0) is 16.7. The molecule has 1 atom stereocenters. The van der Waals surface area contributed by atoms with E-state index in [0.29, 0.717) is 25.1 Å². The molecule has 3 N–H and O–H groups in total. The standard InChI is InChI=1S/C17H25N3O2S.ClH/c1-23-12-9-15(17(22)20-10-7-14(18)8-11-20)19-16(21)13-5-3-2-4-6-13;/h2-6,14-15H,7-12,18H2,1H3,(H,19,21);1H. The van der Waals surface area contributed by atoms with E-state index in [0.717, 1.165) is 18.6 Å². The predicted octanol–water partition coefficient (Wildman–Crippen LogP) is 1.91. The molecule has 1 aliphatic rings. The summed E-state index contributed by atoms with van der Waals surface area (Å²) in [5.41, 5.74) is 6.48. The van der Waals surface area contributed by atoms with Crippen LogP contribution >= 0.6 is 24.2 Å². The van der Waals surface area contributed by atoms with Gasteiger partial charge in [-0.05, 0) is 43.4 Å². The third-order valence-electron chi connectivity index (χ3n) is 4.10. The summed E-state index contributed by atoms with van der Waals surface area (Å²) in [7, 11) is 0. The Labute approximate surface area is 154 Å². The second-order valence-electron chi connectivity index (χ2n) is 5.84. The van der Waals surface area contributed by atoms with Crippen molar-refractivity contribution in [2.75, 3.05) is 25.1 Å². The number of nitrogens with one attached hydrogen (secondary N) is 1. The molecule has 0 bridgehead atoms. The van der Waals surface area contributed by atoms with Gasteiger partial charge in [0.2, 0.25) is 5.91 Å². The van der Waals surface area contributed by atoms with Gasteiger partial charge in [0, 0.05) is 24.7 Å². The lowest BCUT2D eigenvalue weighted by Gasteiger charge is -2.33. The van der Waals surface area contributed by atoms with Crippen LogP contribution in [0.25, 0.3) is 0 Å². The molecular weight excluding hydrogens is 346 g/mol. The Morgan fingerprint density at radius 3 is 2.50 bits per heavy atom. The highest BCUT2D eigenvalue weighted by Gasteiger charge is 2.28. The van der Waals surface area contributed by atoms with Gasteiger partial charge >= 0.3 is 0 Å². The lowest BCUT2D eigenvalue weighted by atomic mass is 10.0. The fraction of sp³-hybridized carbons (Fsp3) is 0.529. The monoisotopic (exact) mass is 371 g/mol. The van der Waals surface area contributed by atoms with E-state index in [1.807, 2.05) is 29.4 Å². The van der Waals surface area contributed by atoms with Gasteiger partial charge in [-0.15, -0.1) is 12.4 Å². The van der Waals surface area contributed by atoms with E-state index in [1.54, 1.807) is 23.9 Å². The van der Waals surface area contributed by atoms with Gasteiger partial charge < -0.3 is 16.0 Å². The highest BCUT2D eigenvalue weighted by molar-refractivity contribution is 7.98. The average Bonchev–Trinajstić information content (AvgIpc) is 2.59. The molecule has 1 unspecified atom stereocenters. The van der Waals surface area contributed by atoms with E-state index < -0.39 is 6.04 Å². The Hall–Kier alpha value is -1.24. The summed E-state index contributed by atoms with van der Waals surface area (Å²) in [6.07, 6.45) is 4.29. The third-order valence-corrected chi connectivity index (χ3v) is 4.75. The number of likely N-dealkylation sites (tertiary alicyclic amines) is 1. The molecule has 0 aliphatic carbocycles. The van der Waals surface area contributed by atoms with E-state index >= 15 is 0 Å². The number of hydrogen-bond acceptors (Lipinski definition) is 4. The van der Waals surface area contributed by atoms with Crippen LogP contribution in [0.2, 0.25) is 0 Å². The van der Waals surface area contributed by atoms with Crippen molar-refractivity contribution >= 4 is 36.0 Å². The minimum absolute atomic E-state index is 0. The van der Waals surface area contributed by atoms with Crippen molar-refractivity contribution in [1.29, 1.82) is 0 Å². The summed E-state index contributed by atoms with van der Waals surface area (Å²) in [6.45, 7) is 1.36. The highest BCUT2D eigenvalue weighted by atomic mass is 35.5. The van der Waals surface area contributed by atoms with Gasteiger partial charge in [-0.25, -0.2) is 0 Å². The number of carbonyl (C=O) groups excluding carboxylic acids is 2. The second-order valence-corrected chi connectivity index (χ2v) is 6.82. The predicted molar refractivity (Wildman–Crippen MR) is 102 cm³/mol. The maximum Gasteiger partial charge on any atom is 0.251 e. The molecule has 1 heterocycles. The summed E-state index contributed by atoms with van der Waals surface area (Å²) in [5.74, 6) is 0.646. The normalized spacial score (nSPS) is 16.2. The first-order chi connectivity index (χ1) is 11.1. The molecule has 2 amide bonds. The van der Waals surface area contributed by atoms with E-state index in [-0.39, 0.29) is 30.3 Å². The van der Waals surface area contributed by atoms with Gasteiger partial charge in [0.15, 0.2) is 0 Å². The number of halogens is 1. The molecule has 1 aromatic carbocycles. The first kappa shape index (κ1) is 20.8. The Morgan fingerprint density at radius 2 is 1.92 bits per heavy atom. The van der Waals surface area contributed by atoms with Crippen LogP contribution in [0.4, 0.5) is 0 Å². The minimum atomic E-state index is -0.468. The maximum absolute atomic E-state index is 12.7. The van der Waals surface area contributed by atoms with E-state index in [9.17, 15) is 9.59 Å². The molecular formula is C17H26ClN3O2S. The van der Waals surface area contributed by atoms with Gasteiger partial charge in [-0.2, -0.15) is 11.8 Å². The van der Waals surface area contributed by atoms with Crippen LogP contribution in [-0.4, -0.2) is 53.9 Å². The van der Waals surface area contributed by atoms with Crippen LogP contribution in [0, 0.1) is 0 Å². The number of rotatable bonds is 6. The van der Waals surface area contributed by atoms with Gasteiger partial charge in [0.25, 0.3) is 5.91 Å². The molecule has 1 aliphatic heterocycles. The first-order valence-electron chi connectivity index (χ1n) is 8.01. The van der Waals surface area contributed by atoms with Crippen LogP contribution in [0.3, 0.4) is 0 Å². The van der Waals surface area contributed by atoms with Crippen molar-refractivity contribution in [2.45, 2.75) is 31.3 Å². The summed E-state index contributed by atoms with van der Waals surface area (Å²) in [6, 6.07) is 8.73. The van der Waals surface area contributed by atoms with Crippen molar-refractivity contribution in [3.05, 3.63) is 35.9 Å². The number of nitrogens with two attached hydrogens (primary N) is 1. The molecule has 0 radical (unpaired) electrons. The minimum Gasteiger partial charge on any atom is -0.341 e. The average molecular weight is 372 g/mol. The molecule has 1 saturated heterocycles. The molecule has 24 heavy (non-hydrogen) atoms. The number of thioether (sulfide) groups is 1. The molecule has 5 nitrogen and oxygen atoms in total. The Balaban J connectivity index is 0.00000288. The number of nitrogens with zero attached hydrogens (tertiary/aromatic N) is 1. The fourth-order valence-electron chi connectivity index (χ4n) is 2.66. The van der Waals surface area contributed by atoms with E-state index in [4.69, 9.17) is 5.73 Å². The van der Waals surface area contributed by atoms with Gasteiger partial charge in [0.1, 0.15) is 6.04 Å². The molecule has 0 aromatic heterocycles. The molecule has 0 saturated carbocycles. The Bertz CT molecular complexity index is 522. The zero-order valence-corrected chi connectivity index (χ0v) is 15.6. The van der Waals surface area contributed by atoms with Crippen molar-refractivity contribution in [1.82, 2.24) is 10.2 Å².